The molecular formula is C15H11N3O3. The van der Waals surface area contributed by atoms with E-state index in [9.17, 15) is 15.3 Å². The Morgan fingerprint density at radius 3 is 2.10 bits per heavy atom. The zero-order valence-electron chi connectivity index (χ0n) is 11.4. The highest BCUT2D eigenvalue weighted by Gasteiger charge is 2.19. The molecule has 1 aromatic heterocycles. The number of nitrogens with one attached hydrogen (secondary N) is 1. The topological polar surface area (TPSA) is 98.9 Å². The van der Waals surface area contributed by atoms with E-state index in [0.717, 1.165) is 0 Å². The molecule has 0 saturated carbocycles. The van der Waals surface area contributed by atoms with E-state index in [2.05, 4.69) is 4.98 Å². The maximum absolute atomic E-state index is 11.9. The van der Waals surface area contributed by atoms with Crippen LogP contribution >= 0.6 is 0 Å². The zero-order valence-corrected chi connectivity index (χ0v) is 11.4. The number of hydrogen-bond acceptors (Lipinski definition) is 5. The molecule has 104 valence electrons. The van der Waals surface area contributed by atoms with Gasteiger partial charge in [-0.05, 0) is 17.7 Å². The van der Waals surface area contributed by atoms with E-state index in [4.69, 9.17) is 9.47 Å². The number of H-pyrrole nitrogens is 1. The zero-order chi connectivity index (χ0) is 15.4. The van der Waals surface area contributed by atoms with Crippen LogP contribution in [0.15, 0.2) is 29.1 Å². The molecule has 0 unspecified atom stereocenters. The first-order chi connectivity index (χ1) is 10.2. The maximum Gasteiger partial charge on any atom is 0.269 e. The van der Waals surface area contributed by atoms with Crippen molar-refractivity contribution < 1.29 is 9.47 Å². The molecular weight excluding hydrogens is 270 g/mol. The van der Waals surface area contributed by atoms with Gasteiger partial charge in [-0.2, -0.15) is 10.5 Å². The van der Waals surface area contributed by atoms with Gasteiger partial charge in [0.15, 0.2) is 0 Å². The number of pyridine rings is 1. The lowest BCUT2D eigenvalue weighted by atomic mass is 9.97. The first-order valence-electron chi connectivity index (χ1n) is 5.95. The standard InChI is InChI=1S/C15H11N3O3/c1-20-10-5-3-9(4-6-10)13-11(7-16)14(19)18-15(21-2)12(13)8-17/h3-6H,1-2H3,(H,18,19). The quantitative estimate of drug-likeness (QED) is 0.924. The number of hydrogen-bond donors (Lipinski definition) is 1. The average molecular weight is 281 g/mol. The molecule has 1 N–H and O–H groups in total. The summed E-state index contributed by atoms with van der Waals surface area (Å²) >= 11 is 0. The summed E-state index contributed by atoms with van der Waals surface area (Å²) in [6.45, 7) is 0. The Balaban J connectivity index is 2.82. The minimum atomic E-state index is -0.598. The molecule has 2 aromatic rings. The van der Waals surface area contributed by atoms with E-state index >= 15 is 0 Å². The Morgan fingerprint density at radius 1 is 1.00 bits per heavy atom. The monoisotopic (exact) mass is 281 g/mol. The van der Waals surface area contributed by atoms with E-state index in [0.29, 0.717) is 11.3 Å². The first-order valence-corrected chi connectivity index (χ1v) is 5.95. The summed E-state index contributed by atoms with van der Waals surface area (Å²) < 4.78 is 10.1. The van der Waals surface area contributed by atoms with Gasteiger partial charge in [0.2, 0.25) is 5.88 Å². The van der Waals surface area contributed by atoms with Gasteiger partial charge < -0.3 is 9.47 Å². The summed E-state index contributed by atoms with van der Waals surface area (Å²) in [5, 5.41) is 18.5. The molecule has 6 heteroatoms. The third-order valence-corrected chi connectivity index (χ3v) is 2.99. The summed E-state index contributed by atoms with van der Waals surface area (Å²) in [4.78, 5) is 14.3. The van der Waals surface area contributed by atoms with Crippen LogP contribution in [0.1, 0.15) is 11.1 Å². The van der Waals surface area contributed by atoms with Gasteiger partial charge in [-0.25, -0.2) is 0 Å². The molecule has 1 aromatic carbocycles. The molecule has 0 aliphatic carbocycles. The Morgan fingerprint density at radius 2 is 1.62 bits per heavy atom. The number of methoxy groups -OCH3 is 2. The van der Waals surface area contributed by atoms with Crippen LogP contribution in [-0.4, -0.2) is 19.2 Å². The van der Waals surface area contributed by atoms with Crippen LogP contribution in [0.25, 0.3) is 11.1 Å². The molecule has 0 amide bonds. The molecule has 0 bridgehead atoms. The number of aromatic nitrogens is 1. The molecule has 0 saturated heterocycles. The SMILES string of the molecule is COc1ccc(-c2c(C#N)c(OC)[nH]c(=O)c2C#N)cc1. The molecule has 0 spiro atoms. The number of nitrogens with zero attached hydrogens (tertiary/aromatic N) is 2. The second kappa shape index (κ2) is 5.81. The lowest BCUT2D eigenvalue weighted by molar-refractivity contribution is 0.395. The molecule has 0 aliphatic rings. The van der Waals surface area contributed by atoms with E-state index in [1.54, 1.807) is 24.3 Å². The molecule has 0 aliphatic heterocycles. The van der Waals surface area contributed by atoms with Gasteiger partial charge in [0.1, 0.15) is 29.0 Å². The highest BCUT2D eigenvalue weighted by molar-refractivity contribution is 5.78. The van der Waals surface area contributed by atoms with Crippen LogP contribution in [0.4, 0.5) is 0 Å². The van der Waals surface area contributed by atoms with Gasteiger partial charge in [-0.1, -0.05) is 12.1 Å². The summed E-state index contributed by atoms with van der Waals surface area (Å²) in [6.07, 6.45) is 0. The van der Waals surface area contributed by atoms with Crippen molar-refractivity contribution in [2.75, 3.05) is 14.2 Å². The summed E-state index contributed by atoms with van der Waals surface area (Å²) in [5.41, 5.74) is 0.201. The first kappa shape index (κ1) is 14.2. The molecule has 1 heterocycles. The predicted octanol–water partition coefficient (Wildman–Crippen LogP) is 1.80. The van der Waals surface area contributed by atoms with Crippen molar-refractivity contribution in [1.82, 2.24) is 4.98 Å². The van der Waals surface area contributed by atoms with Crippen molar-refractivity contribution in [1.29, 1.82) is 10.5 Å². The Labute approximate surface area is 120 Å². The summed E-state index contributed by atoms with van der Waals surface area (Å²) in [7, 11) is 2.88. The second-order valence-corrected chi connectivity index (χ2v) is 4.06. The van der Waals surface area contributed by atoms with Gasteiger partial charge in [0.05, 0.1) is 14.2 Å². The molecule has 2 rings (SSSR count). The largest absolute Gasteiger partial charge is 0.497 e. The van der Waals surface area contributed by atoms with Crippen LogP contribution < -0.4 is 15.0 Å². The normalized spacial score (nSPS) is 9.52. The van der Waals surface area contributed by atoms with Crippen molar-refractivity contribution in [3.8, 4) is 34.9 Å². The number of rotatable bonds is 3. The third kappa shape index (κ3) is 2.43. The number of aromatic amines is 1. The second-order valence-electron chi connectivity index (χ2n) is 4.06. The average Bonchev–Trinajstić information content (AvgIpc) is 2.53. The van der Waals surface area contributed by atoms with E-state index in [1.165, 1.54) is 14.2 Å². The fraction of sp³-hybridized carbons (Fsp3) is 0.133. The predicted molar refractivity (Wildman–Crippen MR) is 75.0 cm³/mol. The van der Waals surface area contributed by atoms with Crippen LogP contribution in [0, 0.1) is 22.7 Å². The molecule has 0 radical (unpaired) electrons. The fourth-order valence-electron chi connectivity index (χ4n) is 1.99. The number of nitriles is 2. The minimum absolute atomic E-state index is 0.0346. The van der Waals surface area contributed by atoms with Gasteiger partial charge in [0.25, 0.3) is 5.56 Å². The van der Waals surface area contributed by atoms with E-state index in [1.807, 2.05) is 12.1 Å². The van der Waals surface area contributed by atoms with Crippen molar-refractivity contribution in [3.63, 3.8) is 0 Å². The van der Waals surface area contributed by atoms with Gasteiger partial charge in [-0.3, -0.25) is 9.78 Å². The molecule has 21 heavy (non-hydrogen) atoms. The van der Waals surface area contributed by atoms with Gasteiger partial charge in [-0.15, -0.1) is 0 Å². The fourth-order valence-corrected chi connectivity index (χ4v) is 1.99. The third-order valence-electron chi connectivity index (χ3n) is 2.99. The van der Waals surface area contributed by atoms with E-state index < -0.39 is 5.56 Å². The Kier molecular flexibility index (Phi) is 3.92. The minimum Gasteiger partial charge on any atom is -0.497 e. The molecule has 0 atom stereocenters. The highest BCUT2D eigenvalue weighted by atomic mass is 16.5. The highest BCUT2D eigenvalue weighted by Crippen LogP contribution is 2.30. The lowest BCUT2D eigenvalue weighted by Gasteiger charge is -2.10. The number of ether oxygens (including phenoxy) is 2. The molecule has 0 fully saturated rings. The van der Waals surface area contributed by atoms with Crippen LogP contribution in [-0.2, 0) is 0 Å². The van der Waals surface area contributed by atoms with Crippen molar-refractivity contribution in [2.45, 2.75) is 0 Å². The van der Waals surface area contributed by atoms with Crippen LogP contribution in [0.3, 0.4) is 0 Å². The van der Waals surface area contributed by atoms with Crippen molar-refractivity contribution in [2.24, 2.45) is 0 Å². The Hall–Kier alpha value is -3.25. The van der Waals surface area contributed by atoms with Crippen molar-refractivity contribution in [3.05, 3.63) is 45.7 Å². The smallest absolute Gasteiger partial charge is 0.269 e. The Bertz CT molecular complexity index is 808. The number of benzene rings is 1. The van der Waals surface area contributed by atoms with Gasteiger partial charge in [0, 0.05) is 5.56 Å². The van der Waals surface area contributed by atoms with Gasteiger partial charge >= 0.3 is 0 Å². The maximum atomic E-state index is 11.9. The summed E-state index contributed by atoms with van der Waals surface area (Å²) in [6, 6.07) is 10.5. The lowest BCUT2D eigenvalue weighted by Crippen LogP contribution is -2.15. The van der Waals surface area contributed by atoms with E-state index in [-0.39, 0.29) is 22.6 Å². The van der Waals surface area contributed by atoms with Crippen LogP contribution in [0.2, 0.25) is 0 Å². The van der Waals surface area contributed by atoms with Crippen LogP contribution in [0.5, 0.6) is 11.6 Å². The van der Waals surface area contributed by atoms with Crippen molar-refractivity contribution >= 4 is 0 Å². The summed E-state index contributed by atoms with van der Waals surface area (Å²) in [5.74, 6) is 0.667. The molecule has 6 nitrogen and oxygen atoms in total.